The maximum Gasteiger partial charge on any atom is 0.432 e. The first-order valence-electron chi connectivity index (χ1n) is 15.1. The summed E-state index contributed by atoms with van der Waals surface area (Å²) in [5.74, 6) is -4.31. The van der Waals surface area contributed by atoms with E-state index in [4.69, 9.17) is 0 Å². The van der Waals surface area contributed by atoms with Crippen molar-refractivity contribution in [1.29, 1.82) is 0 Å². The van der Waals surface area contributed by atoms with Crippen LogP contribution in [-0.4, -0.2) is 5.75 Å². The maximum atomic E-state index is 15.1. The summed E-state index contributed by atoms with van der Waals surface area (Å²) in [5, 5.41) is 0. The number of rotatable bonds is 12. The van der Waals surface area contributed by atoms with Crippen molar-refractivity contribution in [2.24, 2.45) is 0 Å². The molecule has 0 unspecified atom stereocenters. The summed E-state index contributed by atoms with van der Waals surface area (Å²) in [5.41, 5.74) is 1.14. The Labute approximate surface area is 269 Å². The minimum Gasteiger partial charge on any atom is -0.429 e. The van der Waals surface area contributed by atoms with Gasteiger partial charge in [-0.05, 0) is 88.9 Å². The van der Waals surface area contributed by atoms with Crippen molar-refractivity contribution < 1.29 is 31.1 Å². The molecule has 0 aliphatic carbocycles. The number of alkyl halides is 2. The van der Waals surface area contributed by atoms with E-state index in [1.165, 1.54) is 12.1 Å². The molecule has 5 aromatic carbocycles. The fourth-order valence-electron chi connectivity index (χ4n) is 5.27. The average molecular weight is 651 g/mol. The Morgan fingerprint density at radius 1 is 0.587 bits per heavy atom. The molecule has 0 bridgehead atoms. The van der Waals surface area contributed by atoms with Gasteiger partial charge in [0.15, 0.2) is 0 Å². The molecule has 0 heterocycles. The SMILES string of the molecule is CCCCCc1ccc(-c2cc(F)c(C(F)(F)Oc3ccc(-c4ccc(-c5ccc(SCC)cc5)c(F)c4)c(F)c3)c(F)c2)cc1. The van der Waals surface area contributed by atoms with Crippen LogP contribution in [0.5, 0.6) is 5.75 Å². The molecule has 0 aliphatic heterocycles. The molecule has 0 aromatic heterocycles. The lowest BCUT2D eigenvalue weighted by Crippen LogP contribution is -2.25. The third kappa shape index (κ3) is 7.61. The predicted molar refractivity (Wildman–Crippen MR) is 173 cm³/mol. The van der Waals surface area contributed by atoms with E-state index in [1.54, 1.807) is 36.0 Å². The smallest absolute Gasteiger partial charge is 0.429 e. The molecule has 8 heteroatoms. The van der Waals surface area contributed by atoms with Crippen LogP contribution >= 0.6 is 11.8 Å². The predicted octanol–water partition coefficient (Wildman–Crippen LogP) is 12.2. The van der Waals surface area contributed by atoms with Crippen LogP contribution < -0.4 is 4.74 Å². The Kier molecular flexibility index (Phi) is 10.5. The van der Waals surface area contributed by atoms with E-state index in [0.29, 0.717) is 22.8 Å². The minimum absolute atomic E-state index is 0.0612. The molecule has 5 aromatic rings. The van der Waals surface area contributed by atoms with E-state index < -0.39 is 40.7 Å². The van der Waals surface area contributed by atoms with Crippen molar-refractivity contribution >= 4 is 11.8 Å². The van der Waals surface area contributed by atoms with Gasteiger partial charge in [0.25, 0.3) is 0 Å². The van der Waals surface area contributed by atoms with E-state index in [9.17, 15) is 8.78 Å². The quantitative estimate of drug-likeness (QED) is 0.0755. The van der Waals surface area contributed by atoms with Crippen molar-refractivity contribution in [3.8, 4) is 39.1 Å². The molecular weight excluding hydrogens is 618 g/mol. The Balaban J connectivity index is 1.32. The summed E-state index contributed by atoms with van der Waals surface area (Å²) in [7, 11) is 0. The first-order valence-corrected chi connectivity index (χ1v) is 16.1. The second kappa shape index (κ2) is 14.5. The van der Waals surface area contributed by atoms with Gasteiger partial charge in [-0.1, -0.05) is 75.2 Å². The zero-order valence-corrected chi connectivity index (χ0v) is 26.2. The van der Waals surface area contributed by atoms with Gasteiger partial charge in [-0.2, -0.15) is 8.78 Å². The van der Waals surface area contributed by atoms with Gasteiger partial charge in [0, 0.05) is 22.1 Å². The van der Waals surface area contributed by atoms with Gasteiger partial charge in [-0.15, -0.1) is 11.8 Å². The molecule has 0 N–H and O–H groups in total. The molecule has 5 rings (SSSR count). The lowest BCUT2D eigenvalue weighted by molar-refractivity contribution is -0.189. The van der Waals surface area contributed by atoms with Gasteiger partial charge in [0.2, 0.25) is 0 Å². The number of aryl methyl sites for hydroxylation is 1. The van der Waals surface area contributed by atoms with Crippen LogP contribution in [0.1, 0.15) is 44.2 Å². The van der Waals surface area contributed by atoms with Crippen molar-refractivity contribution in [2.75, 3.05) is 5.75 Å². The van der Waals surface area contributed by atoms with Crippen LogP contribution in [0, 0.1) is 23.3 Å². The van der Waals surface area contributed by atoms with Gasteiger partial charge in [-0.25, -0.2) is 17.6 Å². The standard InChI is InChI=1S/C38H32F6OS/c1-3-5-6-7-24-8-10-25(11-9-24)28-21-35(41)37(36(42)22-28)38(43,44)45-29-15-19-32(34(40)23-29)27-14-18-31(33(39)20-27)26-12-16-30(17-13-26)46-4-2/h8-23H,3-7H2,1-2H3. The van der Waals surface area contributed by atoms with Gasteiger partial charge in [0.1, 0.15) is 34.6 Å². The summed E-state index contributed by atoms with van der Waals surface area (Å²) in [6, 6.07) is 23.2. The third-order valence-electron chi connectivity index (χ3n) is 7.63. The van der Waals surface area contributed by atoms with Crippen LogP contribution in [0.3, 0.4) is 0 Å². The monoisotopic (exact) mass is 650 g/mol. The molecule has 0 radical (unpaired) electrons. The zero-order chi connectivity index (χ0) is 32.8. The average Bonchev–Trinajstić information content (AvgIpc) is 3.01. The largest absolute Gasteiger partial charge is 0.432 e. The summed E-state index contributed by atoms with van der Waals surface area (Å²) in [6.07, 6.45) is -0.382. The van der Waals surface area contributed by atoms with Crippen LogP contribution in [0.15, 0.2) is 102 Å². The van der Waals surface area contributed by atoms with Crippen molar-refractivity contribution in [3.05, 3.63) is 131 Å². The van der Waals surface area contributed by atoms with Crippen molar-refractivity contribution in [3.63, 3.8) is 0 Å². The molecular formula is C38H32F6OS. The van der Waals surface area contributed by atoms with Crippen LogP contribution in [0.2, 0.25) is 0 Å². The molecule has 0 aliphatic rings. The molecule has 0 fully saturated rings. The van der Waals surface area contributed by atoms with E-state index in [2.05, 4.69) is 11.7 Å². The van der Waals surface area contributed by atoms with Gasteiger partial charge >= 0.3 is 6.11 Å². The summed E-state index contributed by atoms with van der Waals surface area (Å²) in [6.45, 7) is 4.14. The van der Waals surface area contributed by atoms with E-state index in [-0.39, 0.29) is 16.7 Å². The van der Waals surface area contributed by atoms with Crippen molar-refractivity contribution in [1.82, 2.24) is 0 Å². The highest BCUT2D eigenvalue weighted by Crippen LogP contribution is 2.38. The minimum atomic E-state index is -4.46. The lowest BCUT2D eigenvalue weighted by atomic mass is 9.99. The van der Waals surface area contributed by atoms with Crippen LogP contribution in [-0.2, 0) is 12.5 Å². The molecule has 1 nitrogen and oxygen atoms in total. The number of ether oxygens (including phenoxy) is 1. The molecule has 0 atom stereocenters. The molecule has 238 valence electrons. The summed E-state index contributed by atoms with van der Waals surface area (Å²) >= 11 is 1.66. The number of thioether (sulfide) groups is 1. The summed E-state index contributed by atoms with van der Waals surface area (Å²) < 4.78 is 95.0. The first kappa shape index (κ1) is 33.2. The highest BCUT2D eigenvalue weighted by molar-refractivity contribution is 7.99. The molecule has 46 heavy (non-hydrogen) atoms. The Morgan fingerprint density at radius 2 is 1.15 bits per heavy atom. The molecule has 0 amide bonds. The number of halogens is 6. The Hall–Kier alpha value is -4.17. The van der Waals surface area contributed by atoms with Crippen LogP contribution in [0.4, 0.5) is 26.3 Å². The number of benzene rings is 5. The molecule has 0 spiro atoms. The zero-order valence-electron chi connectivity index (χ0n) is 25.4. The number of hydrogen-bond donors (Lipinski definition) is 0. The molecule has 0 saturated carbocycles. The second-order valence-electron chi connectivity index (χ2n) is 10.9. The van der Waals surface area contributed by atoms with Crippen LogP contribution in [0.25, 0.3) is 33.4 Å². The van der Waals surface area contributed by atoms with E-state index in [0.717, 1.165) is 72.2 Å². The normalized spacial score (nSPS) is 11.6. The Bertz CT molecular complexity index is 1780. The van der Waals surface area contributed by atoms with Crippen molar-refractivity contribution in [2.45, 2.75) is 50.5 Å². The second-order valence-corrected chi connectivity index (χ2v) is 12.2. The van der Waals surface area contributed by atoms with E-state index in [1.807, 2.05) is 31.2 Å². The highest BCUT2D eigenvalue weighted by Gasteiger charge is 2.41. The third-order valence-corrected chi connectivity index (χ3v) is 8.53. The lowest BCUT2D eigenvalue weighted by Gasteiger charge is -2.20. The van der Waals surface area contributed by atoms with Gasteiger partial charge in [-0.3, -0.25) is 0 Å². The highest BCUT2D eigenvalue weighted by atomic mass is 32.2. The topological polar surface area (TPSA) is 9.23 Å². The fraction of sp³-hybridized carbons (Fsp3) is 0.211. The molecule has 0 saturated heterocycles. The maximum absolute atomic E-state index is 15.1. The first-order chi connectivity index (χ1) is 22.1. The van der Waals surface area contributed by atoms with Gasteiger partial charge < -0.3 is 4.74 Å². The number of hydrogen-bond acceptors (Lipinski definition) is 2. The number of unbranched alkanes of at least 4 members (excludes halogenated alkanes) is 2. The fourth-order valence-corrected chi connectivity index (χ4v) is 5.93. The summed E-state index contributed by atoms with van der Waals surface area (Å²) in [4.78, 5) is 1.05. The Morgan fingerprint density at radius 3 is 1.76 bits per heavy atom. The van der Waals surface area contributed by atoms with E-state index >= 15 is 17.6 Å². The van der Waals surface area contributed by atoms with Gasteiger partial charge in [0.05, 0.1) is 0 Å².